The molecular weight excluding hydrogens is 390 g/mol. The van der Waals surface area contributed by atoms with Crippen LogP contribution in [0.4, 0.5) is 11.5 Å². The molecule has 0 spiro atoms. The standard InChI is InChI=1S/C23H29N7O/c1-25-9-11-30-10-8-19(14-30)29-23(31)17-4-7-20-21(12-17)26-15-27-22(20)28-18-5-2-16(13-24)3-6-18/h2-7,12,15,19,25H,8-11,13-14,24H2,1H3,(H,29,31)(H,26,27,28)/t19-/m1/s1. The molecule has 1 fully saturated rings. The first-order valence-corrected chi connectivity index (χ1v) is 10.6. The molecule has 4 rings (SSSR count). The van der Waals surface area contributed by atoms with Crippen molar-refractivity contribution < 1.29 is 4.79 Å². The first-order valence-electron chi connectivity index (χ1n) is 10.6. The molecule has 5 N–H and O–H groups in total. The van der Waals surface area contributed by atoms with Crippen molar-refractivity contribution in [3.8, 4) is 0 Å². The lowest BCUT2D eigenvalue weighted by Gasteiger charge is -2.16. The summed E-state index contributed by atoms with van der Waals surface area (Å²) in [7, 11) is 1.96. The molecule has 31 heavy (non-hydrogen) atoms. The van der Waals surface area contributed by atoms with Crippen LogP contribution >= 0.6 is 0 Å². The van der Waals surface area contributed by atoms with Gasteiger partial charge in [0.25, 0.3) is 5.91 Å². The van der Waals surface area contributed by atoms with Crippen LogP contribution in [0.5, 0.6) is 0 Å². The lowest BCUT2D eigenvalue weighted by molar-refractivity contribution is 0.0938. The Hall–Kier alpha value is -3.07. The van der Waals surface area contributed by atoms with E-state index >= 15 is 0 Å². The summed E-state index contributed by atoms with van der Waals surface area (Å²) in [5, 5.41) is 10.5. The summed E-state index contributed by atoms with van der Waals surface area (Å²) < 4.78 is 0. The van der Waals surface area contributed by atoms with Crippen LogP contribution in [0.15, 0.2) is 48.8 Å². The molecule has 1 aromatic heterocycles. The second-order valence-electron chi connectivity index (χ2n) is 7.84. The maximum Gasteiger partial charge on any atom is 0.251 e. The van der Waals surface area contributed by atoms with Crippen LogP contribution in [0.2, 0.25) is 0 Å². The fraction of sp³-hybridized carbons (Fsp3) is 0.348. The third kappa shape index (κ3) is 5.16. The molecule has 0 saturated carbocycles. The molecule has 1 aliphatic rings. The number of nitrogens with zero attached hydrogens (tertiary/aromatic N) is 3. The van der Waals surface area contributed by atoms with E-state index in [4.69, 9.17) is 5.73 Å². The number of amides is 1. The van der Waals surface area contributed by atoms with Gasteiger partial charge in [-0.2, -0.15) is 0 Å². The summed E-state index contributed by atoms with van der Waals surface area (Å²) in [5.41, 5.74) is 8.99. The molecule has 0 radical (unpaired) electrons. The van der Waals surface area contributed by atoms with Gasteiger partial charge in [-0.1, -0.05) is 12.1 Å². The van der Waals surface area contributed by atoms with E-state index < -0.39 is 0 Å². The maximum atomic E-state index is 12.8. The van der Waals surface area contributed by atoms with Crippen molar-refractivity contribution in [2.45, 2.75) is 19.0 Å². The molecule has 8 nitrogen and oxygen atoms in total. The number of aromatic nitrogens is 2. The van der Waals surface area contributed by atoms with E-state index in [9.17, 15) is 4.79 Å². The third-order valence-corrected chi connectivity index (χ3v) is 5.64. The van der Waals surface area contributed by atoms with Crippen LogP contribution in [0.1, 0.15) is 22.3 Å². The monoisotopic (exact) mass is 419 g/mol. The number of anilines is 2. The van der Waals surface area contributed by atoms with Crippen molar-refractivity contribution in [2.75, 3.05) is 38.5 Å². The molecule has 0 aliphatic carbocycles. The molecule has 162 valence electrons. The molecule has 1 amide bonds. The zero-order chi connectivity index (χ0) is 21.6. The number of benzene rings is 2. The van der Waals surface area contributed by atoms with Crippen molar-refractivity contribution in [3.05, 3.63) is 59.9 Å². The van der Waals surface area contributed by atoms with Crippen molar-refractivity contribution in [1.82, 2.24) is 25.5 Å². The number of carbonyl (C=O) groups is 1. The topological polar surface area (TPSA) is 108 Å². The molecule has 2 aromatic carbocycles. The van der Waals surface area contributed by atoms with Crippen LogP contribution in [0.25, 0.3) is 10.9 Å². The number of hydrogen-bond donors (Lipinski definition) is 4. The molecule has 1 aliphatic heterocycles. The quantitative estimate of drug-likeness (QED) is 0.441. The highest BCUT2D eigenvalue weighted by molar-refractivity contribution is 6.00. The minimum absolute atomic E-state index is 0.0622. The smallest absolute Gasteiger partial charge is 0.251 e. The van der Waals surface area contributed by atoms with Gasteiger partial charge in [-0.3, -0.25) is 9.69 Å². The Morgan fingerprint density at radius 1 is 1.19 bits per heavy atom. The number of likely N-dealkylation sites (tertiary alicyclic amines) is 1. The largest absolute Gasteiger partial charge is 0.348 e. The minimum atomic E-state index is -0.0622. The summed E-state index contributed by atoms with van der Waals surface area (Å²) in [5.74, 6) is 0.640. The van der Waals surface area contributed by atoms with Gasteiger partial charge < -0.3 is 21.7 Å². The van der Waals surface area contributed by atoms with Gasteiger partial charge >= 0.3 is 0 Å². The van der Waals surface area contributed by atoms with Crippen LogP contribution in [0, 0.1) is 0 Å². The van der Waals surface area contributed by atoms with Gasteiger partial charge in [-0.25, -0.2) is 9.97 Å². The lowest BCUT2D eigenvalue weighted by atomic mass is 10.1. The molecule has 1 saturated heterocycles. The van der Waals surface area contributed by atoms with Gasteiger partial charge in [-0.05, 0) is 49.4 Å². The summed E-state index contributed by atoms with van der Waals surface area (Å²) in [6.07, 6.45) is 2.49. The molecule has 3 aromatic rings. The van der Waals surface area contributed by atoms with E-state index in [2.05, 4.69) is 30.8 Å². The van der Waals surface area contributed by atoms with Gasteiger partial charge in [0.1, 0.15) is 12.1 Å². The van der Waals surface area contributed by atoms with Crippen molar-refractivity contribution in [1.29, 1.82) is 0 Å². The van der Waals surface area contributed by atoms with Gasteiger partial charge in [0.05, 0.1) is 5.52 Å². The lowest BCUT2D eigenvalue weighted by Crippen LogP contribution is -2.38. The average molecular weight is 420 g/mol. The molecule has 0 unspecified atom stereocenters. The van der Waals surface area contributed by atoms with Crippen LogP contribution in [-0.4, -0.2) is 60.0 Å². The summed E-state index contributed by atoms with van der Waals surface area (Å²) in [6.45, 7) is 4.37. The maximum absolute atomic E-state index is 12.8. The average Bonchev–Trinajstić information content (AvgIpc) is 3.25. The highest BCUT2D eigenvalue weighted by atomic mass is 16.1. The Labute approximate surface area is 182 Å². The number of fused-ring (bicyclic) bond motifs is 1. The zero-order valence-electron chi connectivity index (χ0n) is 17.8. The Morgan fingerprint density at radius 3 is 2.81 bits per heavy atom. The predicted octanol–water partition coefficient (Wildman–Crippen LogP) is 1.86. The van der Waals surface area contributed by atoms with Crippen molar-refractivity contribution in [2.24, 2.45) is 5.73 Å². The number of rotatable bonds is 8. The Bertz CT molecular complexity index is 1040. The Kier molecular flexibility index (Phi) is 6.71. The van der Waals surface area contributed by atoms with Crippen molar-refractivity contribution >= 4 is 28.3 Å². The Balaban J connectivity index is 1.45. The Morgan fingerprint density at radius 2 is 2.03 bits per heavy atom. The predicted molar refractivity (Wildman–Crippen MR) is 123 cm³/mol. The first kappa shape index (κ1) is 21.2. The van der Waals surface area contributed by atoms with Crippen molar-refractivity contribution in [3.63, 3.8) is 0 Å². The summed E-state index contributed by atoms with van der Waals surface area (Å²) in [6, 6.07) is 13.6. The van der Waals surface area contributed by atoms with Crippen LogP contribution in [-0.2, 0) is 6.54 Å². The highest BCUT2D eigenvalue weighted by Gasteiger charge is 2.23. The molecule has 2 heterocycles. The van der Waals surface area contributed by atoms with Gasteiger partial charge in [-0.15, -0.1) is 0 Å². The van der Waals surface area contributed by atoms with Gasteiger partial charge in [0.15, 0.2) is 0 Å². The van der Waals surface area contributed by atoms with E-state index in [-0.39, 0.29) is 11.9 Å². The van der Waals surface area contributed by atoms with E-state index in [1.165, 1.54) is 6.33 Å². The fourth-order valence-electron chi connectivity index (χ4n) is 3.85. The molecule has 8 heteroatoms. The van der Waals surface area contributed by atoms with E-state index in [1.54, 1.807) is 0 Å². The summed E-state index contributed by atoms with van der Waals surface area (Å²) in [4.78, 5) is 23.9. The number of nitrogens with two attached hydrogens (primary N) is 1. The van der Waals surface area contributed by atoms with Crippen LogP contribution in [0.3, 0.4) is 0 Å². The van der Waals surface area contributed by atoms with E-state index in [0.29, 0.717) is 17.9 Å². The molecular formula is C23H29N7O. The minimum Gasteiger partial charge on any atom is -0.348 e. The number of likely N-dealkylation sites (N-methyl/N-ethyl adjacent to an activating group) is 1. The van der Waals surface area contributed by atoms with E-state index in [1.807, 2.05) is 49.5 Å². The molecule has 1 atom stereocenters. The number of nitrogens with one attached hydrogen (secondary N) is 3. The second kappa shape index (κ2) is 9.82. The third-order valence-electron chi connectivity index (χ3n) is 5.64. The first-order chi connectivity index (χ1) is 15.2. The van der Waals surface area contributed by atoms with E-state index in [0.717, 1.165) is 54.8 Å². The normalized spacial score (nSPS) is 16.5. The second-order valence-corrected chi connectivity index (χ2v) is 7.84. The SMILES string of the molecule is CNCCN1CC[C@@H](NC(=O)c2ccc3c(Nc4ccc(CN)cc4)ncnc3c2)C1. The fourth-order valence-corrected chi connectivity index (χ4v) is 3.85. The zero-order valence-corrected chi connectivity index (χ0v) is 17.8. The number of carbonyl (C=O) groups excluding carboxylic acids is 1. The van der Waals surface area contributed by atoms with Gasteiger partial charge in [0, 0.05) is 55.4 Å². The van der Waals surface area contributed by atoms with Gasteiger partial charge in [0.2, 0.25) is 0 Å². The molecule has 0 bridgehead atoms. The summed E-state index contributed by atoms with van der Waals surface area (Å²) >= 11 is 0. The highest BCUT2D eigenvalue weighted by Crippen LogP contribution is 2.24. The number of hydrogen-bond acceptors (Lipinski definition) is 7. The van der Waals surface area contributed by atoms with Crippen LogP contribution < -0.4 is 21.7 Å².